The van der Waals surface area contributed by atoms with Crippen LogP contribution in [0.1, 0.15) is 60.9 Å². The van der Waals surface area contributed by atoms with Gasteiger partial charge in [-0.3, -0.25) is 14.4 Å². The van der Waals surface area contributed by atoms with Crippen LogP contribution < -0.4 is 4.90 Å². The maximum Gasteiger partial charge on any atom is 0.257 e. The number of rotatable bonds is 4. The first-order valence-electron chi connectivity index (χ1n) is 11.0. The van der Waals surface area contributed by atoms with Gasteiger partial charge in [-0.1, -0.05) is 55.5 Å². The molecule has 162 valence electrons. The van der Waals surface area contributed by atoms with Crippen LogP contribution in [0, 0.1) is 6.92 Å². The van der Waals surface area contributed by atoms with Crippen molar-refractivity contribution in [1.29, 1.82) is 0 Å². The predicted octanol–water partition coefficient (Wildman–Crippen LogP) is 5.15. The van der Waals surface area contributed by atoms with Crippen LogP contribution in [-0.4, -0.2) is 34.7 Å². The smallest absolute Gasteiger partial charge is 0.257 e. The van der Waals surface area contributed by atoms with Crippen LogP contribution in [-0.2, 0) is 9.59 Å². The minimum Gasteiger partial charge on any atom is -0.323 e. The number of halogens is 1. The summed E-state index contributed by atoms with van der Waals surface area (Å²) >= 11 is 5.97. The summed E-state index contributed by atoms with van der Waals surface area (Å²) in [6, 6.07) is 13.3. The van der Waals surface area contributed by atoms with E-state index in [1.54, 1.807) is 35.2 Å². The Labute approximate surface area is 188 Å². The number of amides is 3. The number of nitrogens with zero attached hydrogens (tertiary/aromatic N) is 2. The minimum atomic E-state index is -0.779. The third-order valence-corrected chi connectivity index (χ3v) is 6.62. The third-order valence-electron chi connectivity index (χ3n) is 6.37. The number of hydrogen-bond acceptors (Lipinski definition) is 3. The number of benzene rings is 2. The van der Waals surface area contributed by atoms with Gasteiger partial charge in [-0.25, -0.2) is 4.90 Å². The lowest BCUT2D eigenvalue weighted by Crippen LogP contribution is -2.51. The second-order valence-electron chi connectivity index (χ2n) is 8.44. The van der Waals surface area contributed by atoms with Crippen LogP contribution in [0.25, 0.3) is 0 Å². The van der Waals surface area contributed by atoms with Gasteiger partial charge in [-0.2, -0.15) is 0 Å². The first kappa shape index (κ1) is 21.6. The van der Waals surface area contributed by atoms with Crippen molar-refractivity contribution in [3.63, 3.8) is 0 Å². The summed E-state index contributed by atoms with van der Waals surface area (Å²) in [6.45, 7) is 1.90. The van der Waals surface area contributed by atoms with Gasteiger partial charge >= 0.3 is 0 Å². The topological polar surface area (TPSA) is 57.7 Å². The molecule has 4 rings (SSSR count). The van der Waals surface area contributed by atoms with E-state index in [-0.39, 0.29) is 30.2 Å². The summed E-state index contributed by atoms with van der Waals surface area (Å²) in [4.78, 5) is 43.0. The van der Waals surface area contributed by atoms with Crippen molar-refractivity contribution >= 4 is 35.0 Å². The van der Waals surface area contributed by atoms with Gasteiger partial charge in [0.15, 0.2) is 0 Å². The van der Waals surface area contributed by atoms with Crippen LogP contribution in [0.5, 0.6) is 0 Å². The van der Waals surface area contributed by atoms with Gasteiger partial charge in [0.05, 0.1) is 12.1 Å². The lowest BCUT2D eigenvalue weighted by molar-refractivity contribution is -0.123. The standard InChI is InChI=1S/C25H27ClN2O3/c1-17-8-6-7-11-21(17)24(30)27(19-9-4-2-3-5-10-19)22-16-23(29)28(25(22)31)20-14-12-18(26)13-15-20/h6-8,11-15,19,22H,2-5,9-10,16H2,1H3. The first-order valence-corrected chi connectivity index (χ1v) is 11.4. The summed E-state index contributed by atoms with van der Waals surface area (Å²) in [5, 5.41) is 0.536. The Morgan fingerprint density at radius 2 is 1.61 bits per heavy atom. The van der Waals surface area contributed by atoms with Crippen molar-refractivity contribution in [1.82, 2.24) is 4.90 Å². The Morgan fingerprint density at radius 1 is 0.968 bits per heavy atom. The molecular formula is C25H27ClN2O3. The molecule has 1 heterocycles. The molecule has 0 N–H and O–H groups in total. The van der Waals surface area contributed by atoms with Crippen LogP contribution in [0.4, 0.5) is 5.69 Å². The molecule has 5 nitrogen and oxygen atoms in total. The molecule has 0 radical (unpaired) electrons. The maximum atomic E-state index is 13.7. The van der Waals surface area contributed by atoms with Crippen LogP contribution in [0.15, 0.2) is 48.5 Å². The normalized spacial score (nSPS) is 20.1. The molecule has 1 saturated heterocycles. The average Bonchev–Trinajstić information content (AvgIpc) is 2.92. The molecule has 2 fully saturated rings. The lowest BCUT2D eigenvalue weighted by Gasteiger charge is -2.35. The molecule has 0 spiro atoms. The zero-order valence-corrected chi connectivity index (χ0v) is 18.5. The lowest BCUT2D eigenvalue weighted by atomic mass is 10.00. The molecule has 2 aliphatic rings. The molecule has 0 bridgehead atoms. The Morgan fingerprint density at radius 3 is 2.26 bits per heavy atom. The first-order chi connectivity index (χ1) is 15.0. The Bertz CT molecular complexity index is 981. The van der Waals surface area contributed by atoms with E-state index in [0.717, 1.165) is 44.1 Å². The van der Waals surface area contributed by atoms with Crippen molar-refractivity contribution in [3.8, 4) is 0 Å². The third kappa shape index (κ3) is 4.38. The van der Waals surface area contributed by atoms with Crippen molar-refractivity contribution in [2.24, 2.45) is 0 Å². The number of aryl methyl sites for hydroxylation is 1. The highest BCUT2D eigenvalue weighted by Crippen LogP contribution is 2.32. The molecule has 0 aromatic heterocycles. The van der Waals surface area contributed by atoms with E-state index >= 15 is 0 Å². The van der Waals surface area contributed by atoms with Crippen LogP contribution >= 0.6 is 11.6 Å². The Balaban J connectivity index is 1.70. The van der Waals surface area contributed by atoms with Gasteiger partial charge in [-0.05, 0) is 55.7 Å². The SMILES string of the molecule is Cc1ccccc1C(=O)N(C1CCCCCC1)C1CC(=O)N(c2ccc(Cl)cc2)C1=O. The van der Waals surface area contributed by atoms with Crippen molar-refractivity contribution in [2.75, 3.05) is 4.90 Å². The van der Waals surface area contributed by atoms with Crippen molar-refractivity contribution in [2.45, 2.75) is 64.0 Å². The number of imide groups is 1. The van der Waals surface area contributed by atoms with E-state index in [1.807, 2.05) is 25.1 Å². The predicted molar refractivity (Wildman–Crippen MR) is 121 cm³/mol. The molecule has 1 aliphatic carbocycles. The Kier molecular flexibility index (Phi) is 6.42. The fourth-order valence-corrected chi connectivity index (χ4v) is 4.87. The highest BCUT2D eigenvalue weighted by Gasteiger charge is 2.46. The van der Waals surface area contributed by atoms with Crippen LogP contribution in [0.3, 0.4) is 0 Å². The summed E-state index contributed by atoms with van der Waals surface area (Å²) in [5.74, 6) is -0.777. The van der Waals surface area contributed by atoms with E-state index in [1.165, 1.54) is 4.90 Å². The van der Waals surface area contributed by atoms with Gasteiger partial charge in [0.1, 0.15) is 6.04 Å². The molecule has 3 amide bonds. The highest BCUT2D eigenvalue weighted by molar-refractivity contribution is 6.31. The summed E-state index contributed by atoms with van der Waals surface area (Å²) in [6.07, 6.45) is 6.05. The quantitative estimate of drug-likeness (QED) is 0.490. The molecule has 1 unspecified atom stereocenters. The zero-order valence-electron chi connectivity index (χ0n) is 17.7. The van der Waals surface area contributed by atoms with Crippen molar-refractivity contribution in [3.05, 3.63) is 64.7 Å². The zero-order chi connectivity index (χ0) is 22.0. The second-order valence-corrected chi connectivity index (χ2v) is 8.87. The average molecular weight is 439 g/mol. The molecule has 6 heteroatoms. The monoisotopic (exact) mass is 438 g/mol. The molecule has 1 saturated carbocycles. The number of carbonyl (C=O) groups is 3. The summed E-state index contributed by atoms with van der Waals surface area (Å²) < 4.78 is 0. The molecule has 1 atom stereocenters. The molecule has 1 aliphatic heterocycles. The van der Waals surface area contributed by atoms with E-state index < -0.39 is 6.04 Å². The van der Waals surface area contributed by atoms with Gasteiger partial charge in [-0.15, -0.1) is 0 Å². The van der Waals surface area contributed by atoms with Crippen LogP contribution in [0.2, 0.25) is 5.02 Å². The molecule has 2 aromatic rings. The van der Waals surface area contributed by atoms with E-state index in [2.05, 4.69) is 0 Å². The Hall–Kier alpha value is -2.66. The molecule has 2 aromatic carbocycles. The van der Waals surface area contributed by atoms with E-state index in [9.17, 15) is 14.4 Å². The molecular weight excluding hydrogens is 412 g/mol. The number of hydrogen-bond donors (Lipinski definition) is 0. The fraction of sp³-hybridized carbons (Fsp3) is 0.400. The van der Waals surface area contributed by atoms with Gasteiger partial charge in [0, 0.05) is 16.6 Å². The van der Waals surface area contributed by atoms with E-state index in [4.69, 9.17) is 11.6 Å². The van der Waals surface area contributed by atoms with Gasteiger partial charge in [0.25, 0.3) is 11.8 Å². The highest BCUT2D eigenvalue weighted by atomic mass is 35.5. The summed E-state index contributed by atoms with van der Waals surface area (Å²) in [7, 11) is 0. The summed E-state index contributed by atoms with van der Waals surface area (Å²) in [5.41, 5.74) is 1.96. The van der Waals surface area contributed by atoms with Crippen molar-refractivity contribution < 1.29 is 14.4 Å². The number of anilines is 1. The molecule has 31 heavy (non-hydrogen) atoms. The second kappa shape index (κ2) is 9.23. The number of carbonyl (C=O) groups excluding carboxylic acids is 3. The largest absolute Gasteiger partial charge is 0.323 e. The maximum absolute atomic E-state index is 13.7. The van der Waals surface area contributed by atoms with Gasteiger partial charge < -0.3 is 4.90 Å². The minimum absolute atomic E-state index is 0.00950. The van der Waals surface area contributed by atoms with E-state index in [0.29, 0.717) is 16.3 Å². The fourth-order valence-electron chi connectivity index (χ4n) is 4.74. The van der Waals surface area contributed by atoms with Gasteiger partial charge in [0.2, 0.25) is 5.91 Å².